The van der Waals surface area contributed by atoms with Crippen LogP contribution in [0.25, 0.3) is 10.2 Å². The van der Waals surface area contributed by atoms with Crippen molar-refractivity contribution in [1.82, 2.24) is 15.3 Å². The van der Waals surface area contributed by atoms with E-state index in [0.29, 0.717) is 11.7 Å². The number of thioether (sulfide) groups is 1. The summed E-state index contributed by atoms with van der Waals surface area (Å²) in [5, 5.41) is 5.14. The van der Waals surface area contributed by atoms with Gasteiger partial charge in [0.25, 0.3) is 0 Å². The van der Waals surface area contributed by atoms with E-state index in [1.165, 1.54) is 27.9 Å². The molecule has 1 fully saturated rings. The topological polar surface area (TPSA) is 58.1 Å². The van der Waals surface area contributed by atoms with Crippen LogP contribution in [-0.4, -0.2) is 41.3 Å². The molecule has 1 N–H and O–H groups in total. The number of para-hydroxylation sites is 1. The molecule has 2 aromatic heterocycles. The Morgan fingerprint density at radius 2 is 2.03 bits per heavy atom. The summed E-state index contributed by atoms with van der Waals surface area (Å²) in [5.41, 5.74) is 2.49. The number of amides is 1. The molecule has 1 amide bonds. The van der Waals surface area contributed by atoms with Gasteiger partial charge < -0.3 is 10.2 Å². The fraction of sp³-hybridized carbons (Fsp3) is 0.409. The quantitative estimate of drug-likeness (QED) is 0.469. The number of nitrogens with zero attached hydrogens (tertiary/aromatic N) is 3. The monoisotopic (exact) mass is 426 g/mol. The van der Waals surface area contributed by atoms with Gasteiger partial charge in [0, 0.05) is 35.6 Å². The summed E-state index contributed by atoms with van der Waals surface area (Å²) in [6.45, 7) is 8.91. The third-order valence-electron chi connectivity index (χ3n) is 5.44. The van der Waals surface area contributed by atoms with Gasteiger partial charge in [0.2, 0.25) is 5.91 Å². The summed E-state index contributed by atoms with van der Waals surface area (Å²) in [4.78, 5) is 26.3. The van der Waals surface area contributed by atoms with Crippen LogP contribution < -0.4 is 10.2 Å². The maximum Gasteiger partial charge on any atom is 0.230 e. The Kier molecular flexibility index (Phi) is 6.06. The number of thiophene rings is 1. The van der Waals surface area contributed by atoms with Crippen LogP contribution in [0.3, 0.4) is 0 Å². The summed E-state index contributed by atoms with van der Waals surface area (Å²) in [5.74, 6) is 1.71. The molecule has 1 aliphatic heterocycles. The van der Waals surface area contributed by atoms with E-state index in [0.717, 1.165) is 47.1 Å². The smallest absolute Gasteiger partial charge is 0.230 e. The van der Waals surface area contributed by atoms with Crippen LogP contribution in [0.15, 0.2) is 35.4 Å². The van der Waals surface area contributed by atoms with Crippen molar-refractivity contribution in [2.75, 3.05) is 30.3 Å². The van der Waals surface area contributed by atoms with Crippen LogP contribution in [0.1, 0.15) is 22.7 Å². The molecule has 1 atom stereocenters. The molecule has 0 saturated carbocycles. The maximum atomic E-state index is 12.4. The second-order valence-electron chi connectivity index (χ2n) is 7.57. The molecular formula is C22H26N4OS2. The lowest BCUT2D eigenvalue weighted by Gasteiger charge is -2.18. The van der Waals surface area contributed by atoms with Gasteiger partial charge in [-0.1, -0.05) is 30.0 Å². The Balaban J connectivity index is 1.31. The van der Waals surface area contributed by atoms with E-state index in [2.05, 4.69) is 58.3 Å². The average Bonchev–Trinajstić information content (AvgIpc) is 3.30. The van der Waals surface area contributed by atoms with Gasteiger partial charge in [0.05, 0.1) is 5.75 Å². The van der Waals surface area contributed by atoms with Gasteiger partial charge in [-0.05, 0) is 50.8 Å². The summed E-state index contributed by atoms with van der Waals surface area (Å²) < 4.78 is 0. The molecule has 0 bridgehead atoms. The second-order valence-corrected chi connectivity index (χ2v) is 9.74. The number of aromatic nitrogens is 2. The molecule has 152 valence electrons. The number of carbonyl (C=O) groups excluding carboxylic acids is 1. The highest BCUT2D eigenvalue weighted by Crippen LogP contribution is 2.35. The van der Waals surface area contributed by atoms with Crippen LogP contribution in [-0.2, 0) is 4.79 Å². The van der Waals surface area contributed by atoms with Gasteiger partial charge in [0.1, 0.15) is 15.7 Å². The van der Waals surface area contributed by atoms with Crippen molar-refractivity contribution in [2.24, 2.45) is 5.92 Å². The Morgan fingerprint density at radius 1 is 1.24 bits per heavy atom. The zero-order chi connectivity index (χ0) is 20.4. The molecule has 3 aromatic rings. The van der Waals surface area contributed by atoms with Crippen molar-refractivity contribution < 1.29 is 4.79 Å². The van der Waals surface area contributed by atoms with Crippen molar-refractivity contribution >= 4 is 44.9 Å². The van der Waals surface area contributed by atoms with Gasteiger partial charge >= 0.3 is 0 Å². The molecular weight excluding hydrogens is 400 g/mol. The van der Waals surface area contributed by atoms with Crippen LogP contribution in [0, 0.1) is 26.7 Å². The van der Waals surface area contributed by atoms with Crippen molar-refractivity contribution in [3.05, 3.63) is 46.6 Å². The molecule has 1 unspecified atom stereocenters. The summed E-state index contributed by atoms with van der Waals surface area (Å²) in [7, 11) is 0. The van der Waals surface area contributed by atoms with Crippen molar-refractivity contribution in [1.29, 1.82) is 0 Å². The standard InChI is InChI=1S/C22H26N4OS2/c1-14-15(2)29-22-20(14)21(24-16(3)25-22)28-13-19(27)23-11-17-9-10-26(12-17)18-7-5-4-6-8-18/h4-8,17H,9-13H2,1-3H3,(H,23,27). The minimum atomic E-state index is 0.0715. The Morgan fingerprint density at radius 3 is 2.83 bits per heavy atom. The first-order valence-electron chi connectivity index (χ1n) is 9.95. The highest BCUT2D eigenvalue weighted by molar-refractivity contribution is 8.00. The number of nitrogens with one attached hydrogen (secondary N) is 1. The number of aryl methyl sites for hydroxylation is 3. The van der Waals surface area contributed by atoms with Gasteiger partial charge in [0.15, 0.2) is 0 Å². The van der Waals surface area contributed by atoms with Gasteiger partial charge in [-0.3, -0.25) is 4.79 Å². The SMILES string of the molecule is Cc1nc(SCC(=O)NCC2CCN(c3ccccc3)C2)c2c(C)c(C)sc2n1. The summed E-state index contributed by atoms with van der Waals surface area (Å²) in [6, 6.07) is 10.5. The molecule has 0 aliphatic carbocycles. The van der Waals surface area contributed by atoms with E-state index in [9.17, 15) is 4.79 Å². The van der Waals surface area contributed by atoms with E-state index >= 15 is 0 Å². The number of rotatable bonds is 6. The third kappa shape index (κ3) is 4.56. The number of hydrogen-bond acceptors (Lipinski definition) is 6. The predicted octanol–water partition coefficient (Wildman–Crippen LogP) is 4.35. The lowest BCUT2D eigenvalue weighted by Crippen LogP contribution is -2.32. The number of hydrogen-bond donors (Lipinski definition) is 1. The molecule has 4 rings (SSSR count). The van der Waals surface area contributed by atoms with Crippen LogP contribution in [0.2, 0.25) is 0 Å². The highest BCUT2D eigenvalue weighted by atomic mass is 32.2. The minimum Gasteiger partial charge on any atom is -0.371 e. The van der Waals surface area contributed by atoms with E-state index in [1.807, 2.05) is 13.0 Å². The van der Waals surface area contributed by atoms with Crippen LogP contribution >= 0.6 is 23.1 Å². The molecule has 7 heteroatoms. The summed E-state index contributed by atoms with van der Waals surface area (Å²) >= 11 is 3.21. The zero-order valence-electron chi connectivity index (χ0n) is 17.1. The largest absolute Gasteiger partial charge is 0.371 e. The van der Waals surface area contributed by atoms with E-state index < -0.39 is 0 Å². The lowest BCUT2D eigenvalue weighted by atomic mass is 10.1. The number of anilines is 1. The molecule has 1 aromatic carbocycles. The minimum absolute atomic E-state index is 0.0715. The lowest BCUT2D eigenvalue weighted by molar-refractivity contribution is -0.118. The average molecular weight is 427 g/mol. The zero-order valence-corrected chi connectivity index (χ0v) is 18.7. The maximum absolute atomic E-state index is 12.4. The van der Waals surface area contributed by atoms with Crippen LogP contribution in [0.5, 0.6) is 0 Å². The molecule has 0 radical (unpaired) electrons. The highest BCUT2D eigenvalue weighted by Gasteiger charge is 2.23. The molecule has 29 heavy (non-hydrogen) atoms. The molecule has 3 heterocycles. The van der Waals surface area contributed by atoms with Gasteiger partial charge in [-0.25, -0.2) is 9.97 Å². The van der Waals surface area contributed by atoms with Crippen molar-refractivity contribution in [2.45, 2.75) is 32.2 Å². The fourth-order valence-corrected chi connectivity index (χ4v) is 5.83. The number of fused-ring (bicyclic) bond motifs is 1. The number of benzene rings is 1. The van der Waals surface area contributed by atoms with E-state index in [1.54, 1.807) is 11.3 Å². The third-order valence-corrected chi connectivity index (χ3v) is 7.52. The van der Waals surface area contributed by atoms with E-state index in [4.69, 9.17) is 0 Å². The van der Waals surface area contributed by atoms with Gasteiger partial charge in [-0.15, -0.1) is 11.3 Å². The molecule has 0 spiro atoms. The predicted molar refractivity (Wildman–Crippen MR) is 122 cm³/mol. The number of carbonyl (C=O) groups is 1. The fourth-order valence-electron chi connectivity index (χ4n) is 3.73. The van der Waals surface area contributed by atoms with Gasteiger partial charge in [-0.2, -0.15) is 0 Å². The van der Waals surface area contributed by atoms with Crippen LogP contribution in [0.4, 0.5) is 5.69 Å². The molecule has 5 nitrogen and oxygen atoms in total. The Labute approximate surface area is 179 Å². The first-order valence-corrected chi connectivity index (χ1v) is 11.8. The normalized spacial score (nSPS) is 16.5. The van der Waals surface area contributed by atoms with Crippen molar-refractivity contribution in [3.8, 4) is 0 Å². The molecule has 1 aliphatic rings. The van der Waals surface area contributed by atoms with Crippen molar-refractivity contribution in [3.63, 3.8) is 0 Å². The summed E-state index contributed by atoms with van der Waals surface area (Å²) in [6.07, 6.45) is 1.11. The Hall–Kier alpha value is -2.12. The Bertz CT molecular complexity index is 1020. The molecule has 1 saturated heterocycles. The second kappa shape index (κ2) is 8.71. The van der Waals surface area contributed by atoms with E-state index in [-0.39, 0.29) is 5.91 Å². The first kappa shape index (κ1) is 20.2. The first-order chi connectivity index (χ1) is 14.0.